The van der Waals surface area contributed by atoms with Crippen LogP contribution in [-0.2, 0) is 9.53 Å². The molecular weight excluding hydrogens is 380 g/mol. The number of hydrogen-bond acceptors (Lipinski definition) is 8. The van der Waals surface area contributed by atoms with Crippen LogP contribution in [0.1, 0.15) is 37.0 Å². The van der Waals surface area contributed by atoms with Gasteiger partial charge in [0, 0.05) is 18.1 Å². The Bertz CT molecular complexity index is 904. The van der Waals surface area contributed by atoms with E-state index in [0.29, 0.717) is 36.8 Å². The fourth-order valence-electron chi connectivity index (χ4n) is 3.14. The van der Waals surface area contributed by atoms with E-state index in [2.05, 4.69) is 9.97 Å². The largest absolute Gasteiger partial charge is 0.456 e. The first-order valence-electron chi connectivity index (χ1n) is 8.85. The summed E-state index contributed by atoms with van der Waals surface area (Å²) in [6.07, 6.45) is 1.62. The summed E-state index contributed by atoms with van der Waals surface area (Å²) >= 11 is 5.89. The molecule has 0 radical (unpaired) electrons. The number of nitriles is 1. The fourth-order valence-corrected chi connectivity index (χ4v) is 3.26. The Kier molecular flexibility index (Phi) is 5.68. The molecular formula is C19H21ClN6O2. The zero-order valence-corrected chi connectivity index (χ0v) is 16.2. The van der Waals surface area contributed by atoms with Crippen LogP contribution in [0, 0.1) is 11.3 Å². The minimum absolute atomic E-state index is 0.133. The number of anilines is 2. The van der Waals surface area contributed by atoms with E-state index >= 15 is 0 Å². The second-order valence-electron chi connectivity index (χ2n) is 6.81. The molecule has 0 aliphatic carbocycles. The Morgan fingerprint density at radius 2 is 1.96 bits per heavy atom. The summed E-state index contributed by atoms with van der Waals surface area (Å²) in [4.78, 5) is 22.6. The lowest BCUT2D eigenvalue weighted by Gasteiger charge is -2.38. The van der Waals surface area contributed by atoms with Crippen LogP contribution >= 0.6 is 11.6 Å². The lowest BCUT2D eigenvalue weighted by molar-refractivity contribution is -0.156. The van der Waals surface area contributed by atoms with E-state index in [1.165, 1.54) is 6.33 Å². The first-order chi connectivity index (χ1) is 13.3. The van der Waals surface area contributed by atoms with Crippen LogP contribution in [0.25, 0.3) is 0 Å². The summed E-state index contributed by atoms with van der Waals surface area (Å²) in [7, 11) is 0. The molecule has 1 saturated heterocycles. The third-order valence-electron chi connectivity index (χ3n) is 4.95. The summed E-state index contributed by atoms with van der Waals surface area (Å²) in [5.74, 6) is 0.144. The number of aromatic nitrogens is 2. The Hall–Kier alpha value is -2.89. The molecule has 2 aromatic rings. The molecule has 28 heavy (non-hydrogen) atoms. The van der Waals surface area contributed by atoms with Gasteiger partial charge in [-0.25, -0.2) is 9.97 Å². The zero-order chi connectivity index (χ0) is 20.3. The van der Waals surface area contributed by atoms with E-state index in [1.54, 1.807) is 19.1 Å². The molecule has 1 fully saturated rings. The number of ether oxygens (including phenoxy) is 1. The molecule has 2 heterocycles. The van der Waals surface area contributed by atoms with Gasteiger partial charge in [0.05, 0.1) is 0 Å². The van der Waals surface area contributed by atoms with Gasteiger partial charge in [0.2, 0.25) is 0 Å². The number of carbonyl (C=O) groups excluding carboxylic acids is 1. The van der Waals surface area contributed by atoms with Crippen LogP contribution in [0.15, 0.2) is 30.6 Å². The predicted molar refractivity (Wildman–Crippen MR) is 105 cm³/mol. The highest BCUT2D eigenvalue weighted by molar-refractivity contribution is 6.30. The maximum atomic E-state index is 12.7. The van der Waals surface area contributed by atoms with Crippen molar-refractivity contribution < 1.29 is 9.53 Å². The maximum Gasteiger partial charge on any atom is 0.326 e. The topological polar surface area (TPSA) is 131 Å². The number of piperidine rings is 1. The standard InChI is InChI=1S/C19H21ClN6O2/c1-12(13-2-4-14(20)5-3-13)28-18(27)19(23)6-8-26(9-7-19)17-15(10-21)16(22)24-11-25-17/h2-5,11-12H,6-9,23H2,1H3,(H2,22,24,25). The second-order valence-corrected chi connectivity index (χ2v) is 7.25. The van der Waals surface area contributed by atoms with Crippen LogP contribution in [0.4, 0.5) is 11.6 Å². The van der Waals surface area contributed by atoms with Gasteiger partial charge in [0.15, 0.2) is 5.82 Å². The molecule has 1 aromatic heterocycles. The van der Waals surface area contributed by atoms with Crippen LogP contribution in [0.5, 0.6) is 0 Å². The van der Waals surface area contributed by atoms with Gasteiger partial charge in [0.1, 0.15) is 35.4 Å². The molecule has 1 aromatic carbocycles. The van der Waals surface area contributed by atoms with Crippen molar-refractivity contribution in [2.45, 2.75) is 31.4 Å². The second kappa shape index (κ2) is 8.00. The number of benzene rings is 1. The summed E-state index contributed by atoms with van der Waals surface area (Å²) in [5.41, 5.74) is 12.1. The Balaban J connectivity index is 1.66. The van der Waals surface area contributed by atoms with Crippen molar-refractivity contribution in [3.05, 3.63) is 46.7 Å². The third-order valence-corrected chi connectivity index (χ3v) is 5.21. The van der Waals surface area contributed by atoms with Crippen molar-refractivity contribution >= 4 is 29.2 Å². The minimum Gasteiger partial charge on any atom is -0.456 e. The maximum absolute atomic E-state index is 12.7. The molecule has 0 bridgehead atoms. The summed E-state index contributed by atoms with van der Waals surface area (Å²) in [6.45, 7) is 2.70. The quantitative estimate of drug-likeness (QED) is 0.746. The summed E-state index contributed by atoms with van der Waals surface area (Å²) in [6, 6.07) is 9.15. The van der Waals surface area contributed by atoms with E-state index in [4.69, 9.17) is 27.8 Å². The van der Waals surface area contributed by atoms with Crippen LogP contribution in [0.3, 0.4) is 0 Å². The summed E-state index contributed by atoms with van der Waals surface area (Å²) < 4.78 is 5.60. The number of nitrogen functional groups attached to an aromatic ring is 1. The minimum atomic E-state index is -1.09. The van der Waals surface area contributed by atoms with Crippen molar-refractivity contribution in [1.82, 2.24) is 9.97 Å². The van der Waals surface area contributed by atoms with Crippen molar-refractivity contribution in [2.75, 3.05) is 23.7 Å². The third kappa shape index (κ3) is 4.01. The van der Waals surface area contributed by atoms with Gasteiger partial charge in [0.25, 0.3) is 0 Å². The Morgan fingerprint density at radius 1 is 1.32 bits per heavy atom. The van der Waals surface area contributed by atoms with E-state index in [0.717, 1.165) is 5.56 Å². The van der Waals surface area contributed by atoms with Crippen LogP contribution in [0.2, 0.25) is 5.02 Å². The van der Waals surface area contributed by atoms with Gasteiger partial charge in [-0.3, -0.25) is 4.79 Å². The lowest BCUT2D eigenvalue weighted by atomic mass is 9.88. The average Bonchev–Trinajstić information content (AvgIpc) is 2.69. The molecule has 0 amide bonds. The monoisotopic (exact) mass is 400 g/mol. The lowest BCUT2D eigenvalue weighted by Crippen LogP contribution is -2.56. The van der Waals surface area contributed by atoms with Crippen molar-refractivity contribution in [3.8, 4) is 6.07 Å². The average molecular weight is 401 g/mol. The highest BCUT2D eigenvalue weighted by Crippen LogP contribution is 2.29. The number of nitrogens with zero attached hydrogens (tertiary/aromatic N) is 4. The van der Waals surface area contributed by atoms with Crippen LogP contribution in [-0.4, -0.2) is 34.6 Å². The number of esters is 1. The molecule has 1 atom stereocenters. The fraction of sp³-hybridized carbons (Fsp3) is 0.368. The Morgan fingerprint density at radius 3 is 2.57 bits per heavy atom. The molecule has 4 N–H and O–H groups in total. The number of rotatable bonds is 4. The molecule has 1 aliphatic rings. The van der Waals surface area contributed by atoms with Gasteiger partial charge in [-0.05, 0) is 37.5 Å². The van der Waals surface area contributed by atoms with Crippen LogP contribution < -0.4 is 16.4 Å². The molecule has 0 spiro atoms. The number of halogens is 1. The number of nitrogens with two attached hydrogens (primary N) is 2. The van der Waals surface area contributed by atoms with Gasteiger partial charge in [-0.2, -0.15) is 5.26 Å². The van der Waals surface area contributed by atoms with Crippen molar-refractivity contribution in [2.24, 2.45) is 5.73 Å². The number of hydrogen-bond donors (Lipinski definition) is 2. The molecule has 146 valence electrons. The summed E-state index contributed by atoms with van der Waals surface area (Å²) in [5, 5.41) is 9.92. The number of carbonyl (C=O) groups is 1. The molecule has 8 nitrogen and oxygen atoms in total. The smallest absolute Gasteiger partial charge is 0.326 e. The van der Waals surface area contributed by atoms with Gasteiger partial charge >= 0.3 is 5.97 Å². The van der Waals surface area contributed by atoms with E-state index in [1.807, 2.05) is 23.1 Å². The van der Waals surface area contributed by atoms with E-state index < -0.39 is 17.6 Å². The zero-order valence-electron chi connectivity index (χ0n) is 15.4. The molecule has 3 rings (SSSR count). The molecule has 9 heteroatoms. The first-order valence-corrected chi connectivity index (χ1v) is 9.23. The molecule has 0 saturated carbocycles. The predicted octanol–water partition coefficient (Wildman–Crippen LogP) is 2.19. The highest BCUT2D eigenvalue weighted by Gasteiger charge is 2.40. The molecule has 1 aliphatic heterocycles. The highest BCUT2D eigenvalue weighted by atomic mass is 35.5. The van der Waals surface area contributed by atoms with Crippen molar-refractivity contribution in [1.29, 1.82) is 5.26 Å². The van der Waals surface area contributed by atoms with Gasteiger partial charge < -0.3 is 21.1 Å². The van der Waals surface area contributed by atoms with Gasteiger partial charge in [-0.1, -0.05) is 23.7 Å². The Labute approximate surface area is 168 Å². The van der Waals surface area contributed by atoms with Crippen molar-refractivity contribution in [3.63, 3.8) is 0 Å². The SMILES string of the molecule is CC(OC(=O)C1(N)CCN(c2ncnc(N)c2C#N)CC1)c1ccc(Cl)cc1. The van der Waals surface area contributed by atoms with Gasteiger partial charge in [-0.15, -0.1) is 0 Å². The normalized spacial score (nSPS) is 16.9. The van der Waals surface area contributed by atoms with E-state index in [-0.39, 0.29) is 11.4 Å². The van der Waals surface area contributed by atoms with E-state index in [9.17, 15) is 10.1 Å². The molecule has 1 unspecified atom stereocenters. The first kappa shape index (κ1) is 19.9.